The molecular formula is C11H18N2OS. The molecule has 4 heteroatoms. The molecule has 0 radical (unpaired) electrons. The van der Waals surface area contributed by atoms with Crippen molar-refractivity contribution in [2.45, 2.75) is 44.9 Å². The van der Waals surface area contributed by atoms with Gasteiger partial charge in [-0.2, -0.15) is 0 Å². The zero-order valence-electron chi connectivity index (χ0n) is 9.11. The monoisotopic (exact) mass is 226 g/mol. The molecule has 2 atom stereocenters. The molecule has 0 spiro atoms. The van der Waals surface area contributed by atoms with Gasteiger partial charge in [-0.3, -0.25) is 0 Å². The summed E-state index contributed by atoms with van der Waals surface area (Å²) in [5, 5.41) is 5.65. The maximum absolute atomic E-state index is 5.64. The standard InChI is InChI=1S/C11H18N2OS/c1-2-11-5-9(3-4-14-11)12-6-10-7-15-8-13-10/h7-9,11-12H,2-6H2,1H3. The maximum Gasteiger partial charge on any atom is 0.0795 e. The number of nitrogens with one attached hydrogen (secondary N) is 1. The SMILES string of the molecule is CCC1CC(NCc2cscn2)CCO1. The lowest BCUT2D eigenvalue weighted by molar-refractivity contribution is -0.000362. The predicted molar refractivity (Wildman–Crippen MR) is 62.0 cm³/mol. The van der Waals surface area contributed by atoms with E-state index in [-0.39, 0.29) is 0 Å². The zero-order chi connectivity index (χ0) is 10.5. The highest BCUT2D eigenvalue weighted by Crippen LogP contribution is 2.16. The first-order chi connectivity index (χ1) is 7.38. The first-order valence-corrected chi connectivity index (χ1v) is 6.54. The van der Waals surface area contributed by atoms with Gasteiger partial charge in [0.25, 0.3) is 0 Å². The Kier molecular flexibility index (Phi) is 4.11. The Morgan fingerprint density at radius 3 is 3.33 bits per heavy atom. The van der Waals surface area contributed by atoms with E-state index in [2.05, 4.69) is 22.6 Å². The van der Waals surface area contributed by atoms with Crippen molar-refractivity contribution < 1.29 is 4.74 Å². The molecule has 1 saturated heterocycles. The Bertz CT molecular complexity index is 276. The van der Waals surface area contributed by atoms with Gasteiger partial charge in [-0.1, -0.05) is 6.92 Å². The number of hydrogen-bond acceptors (Lipinski definition) is 4. The van der Waals surface area contributed by atoms with Crippen molar-refractivity contribution in [3.05, 3.63) is 16.6 Å². The second kappa shape index (κ2) is 5.58. The topological polar surface area (TPSA) is 34.2 Å². The minimum absolute atomic E-state index is 0.451. The molecule has 2 unspecified atom stereocenters. The number of nitrogens with zero attached hydrogens (tertiary/aromatic N) is 1. The van der Waals surface area contributed by atoms with E-state index in [1.165, 1.54) is 0 Å². The first kappa shape index (κ1) is 11.0. The van der Waals surface area contributed by atoms with Gasteiger partial charge in [0.2, 0.25) is 0 Å². The number of ether oxygens (including phenoxy) is 1. The summed E-state index contributed by atoms with van der Waals surface area (Å²) >= 11 is 1.66. The van der Waals surface area contributed by atoms with Crippen LogP contribution in [-0.2, 0) is 11.3 Å². The molecule has 2 rings (SSSR count). The predicted octanol–water partition coefficient (Wildman–Crippen LogP) is 2.19. The zero-order valence-corrected chi connectivity index (χ0v) is 9.93. The Hall–Kier alpha value is -0.450. The summed E-state index contributed by atoms with van der Waals surface area (Å²) in [6.45, 7) is 3.98. The summed E-state index contributed by atoms with van der Waals surface area (Å²) in [6.07, 6.45) is 3.84. The fraction of sp³-hybridized carbons (Fsp3) is 0.727. The molecule has 0 bridgehead atoms. The van der Waals surface area contributed by atoms with E-state index in [0.29, 0.717) is 12.1 Å². The largest absolute Gasteiger partial charge is 0.378 e. The highest BCUT2D eigenvalue weighted by molar-refractivity contribution is 7.07. The average molecular weight is 226 g/mol. The minimum Gasteiger partial charge on any atom is -0.378 e. The molecule has 3 nitrogen and oxygen atoms in total. The minimum atomic E-state index is 0.451. The Morgan fingerprint density at radius 1 is 1.67 bits per heavy atom. The summed E-state index contributed by atoms with van der Waals surface area (Å²) in [5.74, 6) is 0. The van der Waals surface area contributed by atoms with Crippen LogP contribution in [0.1, 0.15) is 31.9 Å². The molecule has 1 aromatic rings. The van der Waals surface area contributed by atoms with E-state index in [0.717, 1.165) is 38.1 Å². The van der Waals surface area contributed by atoms with Crippen molar-refractivity contribution in [1.29, 1.82) is 0 Å². The van der Waals surface area contributed by atoms with Gasteiger partial charge in [0, 0.05) is 24.6 Å². The van der Waals surface area contributed by atoms with E-state index >= 15 is 0 Å². The van der Waals surface area contributed by atoms with Crippen LogP contribution >= 0.6 is 11.3 Å². The second-order valence-corrected chi connectivity index (χ2v) is 4.70. The van der Waals surface area contributed by atoms with Crippen molar-refractivity contribution >= 4 is 11.3 Å². The van der Waals surface area contributed by atoms with Crippen LogP contribution in [0.5, 0.6) is 0 Å². The molecule has 0 amide bonds. The summed E-state index contributed by atoms with van der Waals surface area (Å²) in [6, 6.07) is 0.602. The van der Waals surface area contributed by atoms with E-state index < -0.39 is 0 Å². The normalized spacial score (nSPS) is 26.7. The lowest BCUT2D eigenvalue weighted by atomic mass is 10.0. The van der Waals surface area contributed by atoms with Gasteiger partial charge in [-0.25, -0.2) is 4.98 Å². The van der Waals surface area contributed by atoms with Gasteiger partial charge in [0.15, 0.2) is 0 Å². The molecule has 1 fully saturated rings. The van der Waals surface area contributed by atoms with Crippen LogP contribution in [-0.4, -0.2) is 23.7 Å². The maximum atomic E-state index is 5.64. The Balaban J connectivity index is 1.74. The van der Waals surface area contributed by atoms with E-state index in [1.807, 2.05) is 5.51 Å². The highest BCUT2D eigenvalue weighted by Gasteiger charge is 2.20. The summed E-state index contributed by atoms with van der Waals surface area (Å²) < 4.78 is 5.64. The average Bonchev–Trinajstić information content (AvgIpc) is 2.79. The third kappa shape index (κ3) is 3.26. The molecule has 15 heavy (non-hydrogen) atoms. The number of hydrogen-bond donors (Lipinski definition) is 1. The van der Waals surface area contributed by atoms with E-state index in [1.54, 1.807) is 11.3 Å². The van der Waals surface area contributed by atoms with Crippen LogP contribution in [0.25, 0.3) is 0 Å². The van der Waals surface area contributed by atoms with Crippen LogP contribution in [0, 0.1) is 0 Å². The molecular weight excluding hydrogens is 208 g/mol. The van der Waals surface area contributed by atoms with Crippen LogP contribution < -0.4 is 5.32 Å². The van der Waals surface area contributed by atoms with Gasteiger partial charge in [-0.05, 0) is 19.3 Å². The smallest absolute Gasteiger partial charge is 0.0795 e. The molecule has 0 saturated carbocycles. The van der Waals surface area contributed by atoms with Gasteiger partial charge in [0.05, 0.1) is 17.3 Å². The molecule has 1 aromatic heterocycles. The molecule has 0 aliphatic carbocycles. The van der Waals surface area contributed by atoms with Crippen LogP contribution in [0.2, 0.25) is 0 Å². The quantitative estimate of drug-likeness (QED) is 0.854. The van der Waals surface area contributed by atoms with Gasteiger partial charge < -0.3 is 10.1 Å². The molecule has 1 N–H and O–H groups in total. The fourth-order valence-electron chi connectivity index (χ4n) is 1.92. The van der Waals surface area contributed by atoms with Gasteiger partial charge >= 0.3 is 0 Å². The van der Waals surface area contributed by atoms with E-state index in [9.17, 15) is 0 Å². The second-order valence-electron chi connectivity index (χ2n) is 3.98. The van der Waals surface area contributed by atoms with Crippen molar-refractivity contribution in [3.63, 3.8) is 0 Å². The summed E-state index contributed by atoms with van der Waals surface area (Å²) in [7, 11) is 0. The number of aromatic nitrogens is 1. The highest BCUT2D eigenvalue weighted by atomic mass is 32.1. The third-order valence-electron chi connectivity index (χ3n) is 2.88. The van der Waals surface area contributed by atoms with Crippen LogP contribution in [0.4, 0.5) is 0 Å². The van der Waals surface area contributed by atoms with E-state index in [4.69, 9.17) is 4.74 Å². The molecule has 1 aliphatic heterocycles. The number of rotatable bonds is 4. The van der Waals surface area contributed by atoms with Crippen molar-refractivity contribution in [1.82, 2.24) is 10.3 Å². The summed E-state index contributed by atoms with van der Waals surface area (Å²) in [5.41, 5.74) is 3.04. The Morgan fingerprint density at radius 2 is 2.60 bits per heavy atom. The molecule has 2 heterocycles. The first-order valence-electron chi connectivity index (χ1n) is 5.60. The molecule has 1 aliphatic rings. The fourth-order valence-corrected chi connectivity index (χ4v) is 2.48. The summed E-state index contributed by atoms with van der Waals surface area (Å²) in [4.78, 5) is 4.26. The molecule has 84 valence electrons. The third-order valence-corrected chi connectivity index (χ3v) is 3.51. The van der Waals surface area contributed by atoms with Crippen molar-refractivity contribution in [3.8, 4) is 0 Å². The van der Waals surface area contributed by atoms with Crippen LogP contribution in [0.15, 0.2) is 10.9 Å². The Labute approximate surface area is 94.9 Å². The lowest BCUT2D eigenvalue weighted by Crippen LogP contribution is -2.38. The van der Waals surface area contributed by atoms with Gasteiger partial charge in [0.1, 0.15) is 0 Å². The number of thiazole rings is 1. The lowest BCUT2D eigenvalue weighted by Gasteiger charge is -2.29. The van der Waals surface area contributed by atoms with Gasteiger partial charge in [-0.15, -0.1) is 11.3 Å². The van der Waals surface area contributed by atoms with Crippen molar-refractivity contribution in [2.75, 3.05) is 6.61 Å². The van der Waals surface area contributed by atoms with Crippen LogP contribution in [0.3, 0.4) is 0 Å². The molecule has 0 aromatic carbocycles. The van der Waals surface area contributed by atoms with Crippen molar-refractivity contribution in [2.24, 2.45) is 0 Å².